The van der Waals surface area contributed by atoms with Crippen LogP contribution in [0.15, 0.2) is 0 Å². The number of nitrogens with one attached hydrogen (secondary N) is 2. The number of nitrogens with zero attached hydrogens (tertiary/aromatic N) is 2. The van der Waals surface area contributed by atoms with Crippen molar-refractivity contribution in [3.05, 3.63) is 5.82 Å². The topological polar surface area (TPSA) is 108 Å². The third-order valence-corrected chi connectivity index (χ3v) is 3.28. The summed E-state index contributed by atoms with van der Waals surface area (Å²) >= 11 is 0. The zero-order valence-electron chi connectivity index (χ0n) is 10.3. The van der Waals surface area contributed by atoms with E-state index in [1.165, 1.54) is 0 Å². The molecule has 3 atom stereocenters. The zero-order chi connectivity index (χ0) is 13.3. The maximum absolute atomic E-state index is 12.0. The molecular formula is C11H16N4O3. The Kier molecular flexibility index (Phi) is 3.31. The molecule has 0 bridgehead atoms. The highest BCUT2D eigenvalue weighted by molar-refractivity contribution is 5.94. The second-order valence-electron chi connectivity index (χ2n) is 4.86. The Hall–Kier alpha value is -1.92. The molecule has 1 aliphatic rings. The van der Waals surface area contributed by atoms with Crippen LogP contribution in [0.3, 0.4) is 0 Å². The number of carboxylic acid groups (broad SMARTS) is 1. The fourth-order valence-corrected chi connectivity index (χ4v) is 2.46. The summed E-state index contributed by atoms with van der Waals surface area (Å²) in [5.41, 5.74) is 0. The summed E-state index contributed by atoms with van der Waals surface area (Å²) in [6.07, 6.45) is 1.13. The van der Waals surface area contributed by atoms with Gasteiger partial charge in [-0.3, -0.25) is 20.0 Å². The van der Waals surface area contributed by atoms with E-state index in [-0.39, 0.29) is 17.8 Å². The van der Waals surface area contributed by atoms with Crippen molar-refractivity contribution in [2.24, 2.45) is 17.8 Å². The second-order valence-corrected chi connectivity index (χ2v) is 4.86. The van der Waals surface area contributed by atoms with Crippen molar-refractivity contribution >= 4 is 17.8 Å². The number of hydrogen-bond donors (Lipinski definition) is 3. The summed E-state index contributed by atoms with van der Waals surface area (Å²) in [6.45, 7) is 3.68. The van der Waals surface area contributed by atoms with Crippen molar-refractivity contribution in [3.8, 4) is 0 Å². The number of anilines is 1. The second kappa shape index (κ2) is 4.75. The Morgan fingerprint density at radius 3 is 2.61 bits per heavy atom. The van der Waals surface area contributed by atoms with Gasteiger partial charge in [-0.25, -0.2) is 0 Å². The van der Waals surface area contributed by atoms with E-state index in [1.807, 2.05) is 6.92 Å². The minimum Gasteiger partial charge on any atom is -0.481 e. The lowest BCUT2D eigenvalue weighted by molar-refractivity contribution is -0.145. The number of aryl methyl sites for hydroxylation is 1. The Balaban J connectivity index is 2.06. The van der Waals surface area contributed by atoms with E-state index in [9.17, 15) is 9.59 Å². The van der Waals surface area contributed by atoms with Crippen LogP contribution in [0.25, 0.3) is 0 Å². The molecule has 1 aliphatic carbocycles. The van der Waals surface area contributed by atoms with E-state index in [4.69, 9.17) is 5.11 Å². The molecule has 1 fully saturated rings. The number of carbonyl (C=O) groups excluding carboxylic acids is 1. The lowest BCUT2D eigenvalue weighted by atomic mass is 9.95. The van der Waals surface area contributed by atoms with Crippen molar-refractivity contribution in [2.45, 2.75) is 26.7 Å². The molecular weight excluding hydrogens is 236 g/mol. The van der Waals surface area contributed by atoms with E-state index >= 15 is 0 Å². The van der Waals surface area contributed by atoms with Crippen LogP contribution in [0.4, 0.5) is 5.95 Å². The number of aromatic nitrogens is 3. The van der Waals surface area contributed by atoms with Gasteiger partial charge in [-0.05, 0) is 25.7 Å². The molecule has 0 radical (unpaired) electrons. The summed E-state index contributed by atoms with van der Waals surface area (Å²) in [5.74, 6) is -1.30. The predicted octanol–water partition coefficient (Wildman–Crippen LogP) is 0.799. The maximum Gasteiger partial charge on any atom is 0.307 e. The van der Waals surface area contributed by atoms with Crippen LogP contribution in [0, 0.1) is 24.7 Å². The van der Waals surface area contributed by atoms with Crippen molar-refractivity contribution < 1.29 is 14.7 Å². The van der Waals surface area contributed by atoms with E-state index < -0.39 is 17.8 Å². The monoisotopic (exact) mass is 252 g/mol. The van der Waals surface area contributed by atoms with Gasteiger partial charge in [-0.2, -0.15) is 4.98 Å². The molecule has 2 rings (SSSR count). The normalized spacial score (nSPS) is 27.1. The SMILES string of the molecule is Cc1nc(NC(=O)C2CC(C)CC2C(=O)O)n[nH]1. The summed E-state index contributed by atoms with van der Waals surface area (Å²) in [4.78, 5) is 27.1. The van der Waals surface area contributed by atoms with Crippen LogP contribution in [-0.4, -0.2) is 32.2 Å². The molecule has 98 valence electrons. The third kappa shape index (κ3) is 2.49. The van der Waals surface area contributed by atoms with Crippen LogP contribution in [0.5, 0.6) is 0 Å². The van der Waals surface area contributed by atoms with Gasteiger partial charge in [0.2, 0.25) is 11.9 Å². The number of carbonyl (C=O) groups is 2. The summed E-state index contributed by atoms with van der Waals surface area (Å²) in [7, 11) is 0. The highest BCUT2D eigenvalue weighted by atomic mass is 16.4. The quantitative estimate of drug-likeness (QED) is 0.737. The van der Waals surface area contributed by atoms with E-state index in [1.54, 1.807) is 6.92 Å². The fraction of sp³-hybridized carbons (Fsp3) is 0.636. The summed E-state index contributed by atoms with van der Waals surface area (Å²) in [6, 6.07) is 0. The number of carboxylic acids is 1. The van der Waals surface area contributed by atoms with Gasteiger partial charge in [-0.1, -0.05) is 6.92 Å². The molecule has 1 amide bonds. The van der Waals surface area contributed by atoms with Gasteiger partial charge in [0.05, 0.1) is 11.8 Å². The first-order valence-electron chi connectivity index (χ1n) is 5.90. The Morgan fingerprint density at radius 2 is 2.06 bits per heavy atom. The fourth-order valence-electron chi connectivity index (χ4n) is 2.46. The highest BCUT2D eigenvalue weighted by Gasteiger charge is 2.41. The first kappa shape index (κ1) is 12.5. The van der Waals surface area contributed by atoms with E-state index in [2.05, 4.69) is 20.5 Å². The molecule has 3 unspecified atom stereocenters. The van der Waals surface area contributed by atoms with Crippen LogP contribution in [0.2, 0.25) is 0 Å². The average Bonchev–Trinajstić information content (AvgIpc) is 2.85. The van der Waals surface area contributed by atoms with Gasteiger partial charge >= 0.3 is 5.97 Å². The van der Waals surface area contributed by atoms with Gasteiger partial charge in [-0.15, -0.1) is 5.10 Å². The van der Waals surface area contributed by atoms with Gasteiger partial charge in [0.15, 0.2) is 0 Å². The first-order valence-corrected chi connectivity index (χ1v) is 5.90. The van der Waals surface area contributed by atoms with Gasteiger partial charge in [0.25, 0.3) is 0 Å². The van der Waals surface area contributed by atoms with Gasteiger partial charge < -0.3 is 5.11 Å². The Labute approximate surface area is 104 Å². The molecule has 3 N–H and O–H groups in total. The average molecular weight is 252 g/mol. The molecule has 18 heavy (non-hydrogen) atoms. The Bertz CT molecular complexity index is 471. The summed E-state index contributed by atoms with van der Waals surface area (Å²) in [5, 5.41) is 18.1. The number of rotatable bonds is 3. The molecule has 7 heteroatoms. The number of aromatic amines is 1. The lowest BCUT2D eigenvalue weighted by Gasteiger charge is -2.13. The molecule has 1 heterocycles. The standard InChI is InChI=1S/C11H16N4O3/c1-5-3-7(8(4-5)10(17)18)9(16)13-11-12-6(2)14-15-11/h5,7-8H,3-4H2,1-2H3,(H,17,18)(H2,12,13,14,15,16). The molecule has 7 nitrogen and oxygen atoms in total. The smallest absolute Gasteiger partial charge is 0.307 e. The minimum atomic E-state index is -0.911. The predicted molar refractivity (Wildman–Crippen MR) is 62.8 cm³/mol. The van der Waals surface area contributed by atoms with Crippen LogP contribution < -0.4 is 5.32 Å². The van der Waals surface area contributed by atoms with Crippen LogP contribution in [0.1, 0.15) is 25.6 Å². The molecule has 1 aromatic rings. The molecule has 0 spiro atoms. The maximum atomic E-state index is 12.0. The van der Waals surface area contributed by atoms with Crippen LogP contribution >= 0.6 is 0 Å². The molecule has 1 saturated carbocycles. The minimum absolute atomic E-state index is 0.196. The van der Waals surface area contributed by atoms with Crippen LogP contribution in [-0.2, 0) is 9.59 Å². The largest absolute Gasteiger partial charge is 0.481 e. The number of hydrogen-bond acceptors (Lipinski definition) is 4. The number of amides is 1. The highest BCUT2D eigenvalue weighted by Crippen LogP contribution is 2.36. The van der Waals surface area contributed by atoms with Crippen molar-refractivity contribution in [2.75, 3.05) is 5.32 Å². The Morgan fingerprint density at radius 1 is 1.39 bits per heavy atom. The number of H-pyrrole nitrogens is 1. The zero-order valence-corrected chi connectivity index (χ0v) is 10.3. The first-order chi connectivity index (χ1) is 8.47. The lowest BCUT2D eigenvalue weighted by Crippen LogP contribution is -2.30. The number of aliphatic carboxylic acids is 1. The third-order valence-electron chi connectivity index (χ3n) is 3.28. The molecule has 0 aromatic carbocycles. The van der Waals surface area contributed by atoms with Gasteiger partial charge in [0, 0.05) is 0 Å². The summed E-state index contributed by atoms with van der Waals surface area (Å²) < 4.78 is 0. The van der Waals surface area contributed by atoms with E-state index in [0.29, 0.717) is 18.7 Å². The molecule has 0 aliphatic heterocycles. The van der Waals surface area contributed by atoms with Crippen molar-refractivity contribution in [1.29, 1.82) is 0 Å². The van der Waals surface area contributed by atoms with Crippen molar-refractivity contribution in [1.82, 2.24) is 15.2 Å². The molecule has 1 aromatic heterocycles. The van der Waals surface area contributed by atoms with E-state index in [0.717, 1.165) is 0 Å². The van der Waals surface area contributed by atoms with Crippen molar-refractivity contribution in [3.63, 3.8) is 0 Å². The molecule has 0 saturated heterocycles. The van der Waals surface area contributed by atoms with Gasteiger partial charge in [0.1, 0.15) is 5.82 Å².